The number of benzene rings is 1. The van der Waals surface area contributed by atoms with E-state index in [1.165, 1.54) is 0 Å². The molecule has 1 aliphatic heterocycles. The van der Waals surface area contributed by atoms with Crippen molar-refractivity contribution in [3.05, 3.63) is 46.6 Å². The topological polar surface area (TPSA) is 53.6 Å². The lowest BCUT2D eigenvalue weighted by atomic mass is 9.96. The molecule has 0 saturated carbocycles. The first-order chi connectivity index (χ1) is 10.4. The Kier molecular flexibility index (Phi) is 3.49. The van der Waals surface area contributed by atoms with Crippen LogP contribution < -0.4 is 5.32 Å². The van der Waals surface area contributed by atoms with Crippen molar-refractivity contribution in [1.82, 2.24) is 9.78 Å². The maximum absolute atomic E-state index is 13.3. The van der Waals surface area contributed by atoms with Crippen LogP contribution in [0.4, 0.5) is 19.0 Å². The van der Waals surface area contributed by atoms with Gasteiger partial charge < -0.3 is 5.32 Å². The molecule has 114 valence electrons. The van der Waals surface area contributed by atoms with Crippen molar-refractivity contribution in [1.29, 1.82) is 5.26 Å². The smallest absolute Gasteiger partial charge is 0.362 e. The highest BCUT2D eigenvalue weighted by Crippen LogP contribution is 2.44. The van der Waals surface area contributed by atoms with Gasteiger partial charge in [0.05, 0.1) is 12.2 Å². The van der Waals surface area contributed by atoms with Crippen LogP contribution in [0, 0.1) is 11.3 Å². The summed E-state index contributed by atoms with van der Waals surface area (Å²) in [4.78, 5) is 0. The van der Waals surface area contributed by atoms with Crippen molar-refractivity contribution in [2.45, 2.75) is 24.7 Å². The van der Waals surface area contributed by atoms with Crippen molar-refractivity contribution >= 4 is 17.4 Å². The van der Waals surface area contributed by atoms with Gasteiger partial charge in [-0.25, -0.2) is 4.68 Å². The zero-order chi connectivity index (χ0) is 15.9. The highest BCUT2D eigenvalue weighted by atomic mass is 35.5. The Morgan fingerprint density at radius 1 is 1.32 bits per heavy atom. The number of rotatable bonds is 1. The van der Waals surface area contributed by atoms with Gasteiger partial charge in [-0.05, 0) is 17.7 Å². The Morgan fingerprint density at radius 3 is 2.59 bits per heavy atom. The number of hydrogen-bond acceptors (Lipinski definition) is 3. The molecule has 3 rings (SSSR count). The third-order valence-corrected chi connectivity index (χ3v) is 3.88. The number of alkyl halides is 3. The predicted octanol–water partition coefficient (Wildman–Crippen LogP) is 4.07. The summed E-state index contributed by atoms with van der Waals surface area (Å²) < 4.78 is 40.7. The summed E-state index contributed by atoms with van der Waals surface area (Å²) in [5.74, 6) is 0.0935. The van der Waals surface area contributed by atoms with Crippen LogP contribution in [0.15, 0.2) is 30.5 Å². The van der Waals surface area contributed by atoms with Gasteiger partial charge in [0.25, 0.3) is 0 Å². The Balaban J connectivity index is 2.03. The molecule has 22 heavy (non-hydrogen) atoms. The van der Waals surface area contributed by atoms with Gasteiger partial charge in [0.1, 0.15) is 17.5 Å². The van der Waals surface area contributed by atoms with Crippen molar-refractivity contribution in [3.63, 3.8) is 0 Å². The number of nitriles is 1. The minimum Gasteiger partial charge on any atom is -0.362 e. The summed E-state index contributed by atoms with van der Waals surface area (Å²) in [5.41, 5.74) is 0.767. The van der Waals surface area contributed by atoms with Crippen LogP contribution in [0.2, 0.25) is 5.02 Å². The standard InChI is InChI=1S/C14H10ClF3N4/c15-10-3-1-8(2-4-10)11-5-12(14(16,17)18)22-13(21-11)9(6-19)7-20-22/h1-4,7,11-12,21H,5H2/t11-,12-/m0/s1. The van der Waals surface area contributed by atoms with E-state index < -0.39 is 18.3 Å². The lowest BCUT2D eigenvalue weighted by Gasteiger charge is -2.33. The molecule has 2 heterocycles. The average molecular weight is 327 g/mol. The normalized spacial score (nSPS) is 20.9. The van der Waals surface area contributed by atoms with Gasteiger partial charge in [-0.1, -0.05) is 23.7 Å². The number of nitrogens with one attached hydrogen (secondary N) is 1. The molecule has 4 nitrogen and oxygen atoms in total. The van der Waals surface area contributed by atoms with Gasteiger partial charge in [0, 0.05) is 11.4 Å². The maximum atomic E-state index is 13.3. The van der Waals surface area contributed by atoms with E-state index in [2.05, 4.69) is 10.4 Å². The lowest BCUT2D eigenvalue weighted by molar-refractivity contribution is -0.173. The SMILES string of the molecule is N#Cc1cnn2c1N[C@H](c1ccc(Cl)cc1)C[C@H]2C(F)(F)F. The monoisotopic (exact) mass is 326 g/mol. The van der Waals surface area contributed by atoms with Gasteiger partial charge in [-0.3, -0.25) is 0 Å². The van der Waals surface area contributed by atoms with Crippen LogP contribution in [-0.2, 0) is 0 Å². The van der Waals surface area contributed by atoms with Crippen LogP contribution in [0.25, 0.3) is 0 Å². The van der Waals surface area contributed by atoms with Crippen LogP contribution in [-0.4, -0.2) is 16.0 Å². The fourth-order valence-electron chi connectivity index (χ4n) is 2.56. The molecule has 0 unspecified atom stereocenters. The molecule has 2 aromatic rings. The average Bonchev–Trinajstić information content (AvgIpc) is 2.88. The fourth-order valence-corrected chi connectivity index (χ4v) is 2.68. The number of hydrogen-bond donors (Lipinski definition) is 1. The van der Waals surface area contributed by atoms with Crippen molar-refractivity contribution < 1.29 is 13.2 Å². The largest absolute Gasteiger partial charge is 0.410 e. The van der Waals surface area contributed by atoms with Gasteiger partial charge >= 0.3 is 6.18 Å². The van der Waals surface area contributed by atoms with E-state index in [0.29, 0.717) is 10.6 Å². The zero-order valence-corrected chi connectivity index (χ0v) is 11.9. The highest BCUT2D eigenvalue weighted by Gasteiger charge is 2.46. The first-order valence-corrected chi connectivity index (χ1v) is 6.84. The molecule has 0 saturated heterocycles. The summed E-state index contributed by atoms with van der Waals surface area (Å²) in [6.07, 6.45) is -3.50. The maximum Gasteiger partial charge on any atom is 0.410 e. The number of anilines is 1. The Morgan fingerprint density at radius 2 is 2.00 bits per heavy atom. The molecular weight excluding hydrogens is 317 g/mol. The molecule has 1 aromatic carbocycles. The van der Waals surface area contributed by atoms with E-state index in [4.69, 9.17) is 16.9 Å². The molecule has 0 spiro atoms. The Labute approximate surface area is 129 Å². The molecule has 0 radical (unpaired) electrons. The Bertz CT molecular complexity index is 730. The van der Waals surface area contributed by atoms with E-state index >= 15 is 0 Å². The summed E-state index contributed by atoms with van der Waals surface area (Å²) >= 11 is 5.81. The fraction of sp³-hybridized carbons (Fsp3) is 0.286. The summed E-state index contributed by atoms with van der Waals surface area (Å²) in [6.45, 7) is 0. The molecular formula is C14H10ClF3N4. The van der Waals surface area contributed by atoms with Crippen LogP contribution >= 0.6 is 11.6 Å². The molecule has 1 aliphatic rings. The molecule has 8 heteroatoms. The molecule has 1 N–H and O–H groups in total. The predicted molar refractivity (Wildman–Crippen MR) is 74.5 cm³/mol. The van der Waals surface area contributed by atoms with E-state index in [-0.39, 0.29) is 17.8 Å². The zero-order valence-electron chi connectivity index (χ0n) is 11.1. The minimum atomic E-state index is -4.44. The van der Waals surface area contributed by atoms with Crippen molar-refractivity contribution in [2.24, 2.45) is 0 Å². The van der Waals surface area contributed by atoms with Gasteiger partial charge in [-0.15, -0.1) is 0 Å². The number of nitrogens with zero attached hydrogens (tertiary/aromatic N) is 3. The quantitative estimate of drug-likeness (QED) is 0.859. The van der Waals surface area contributed by atoms with Crippen molar-refractivity contribution in [2.75, 3.05) is 5.32 Å². The first kappa shape index (κ1) is 14.7. The number of aromatic nitrogens is 2. The van der Waals surface area contributed by atoms with Crippen LogP contribution in [0.1, 0.15) is 29.6 Å². The molecule has 1 aromatic heterocycles. The number of halogens is 4. The summed E-state index contributed by atoms with van der Waals surface area (Å²) in [5, 5.41) is 16.2. The second-order valence-corrected chi connectivity index (χ2v) is 5.44. The van der Waals surface area contributed by atoms with Crippen LogP contribution in [0.5, 0.6) is 0 Å². The van der Waals surface area contributed by atoms with Crippen molar-refractivity contribution in [3.8, 4) is 6.07 Å². The lowest BCUT2D eigenvalue weighted by Crippen LogP contribution is -2.35. The van der Waals surface area contributed by atoms with Gasteiger partial charge in [0.15, 0.2) is 6.04 Å². The van der Waals surface area contributed by atoms with E-state index in [1.54, 1.807) is 24.3 Å². The molecule has 2 atom stereocenters. The van der Waals surface area contributed by atoms with E-state index in [1.807, 2.05) is 6.07 Å². The molecule has 0 aliphatic carbocycles. The molecule has 0 bridgehead atoms. The van der Waals surface area contributed by atoms with Crippen LogP contribution in [0.3, 0.4) is 0 Å². The van der Waals surface area contributed by atoms with E-state index in [0.717, 1.165) is 10.9 Å². The highest BCUT2D eigenvalue weighted by molar-refractivity contribution is 6.30. The molecule has 0 fully saturated rings. The second-order valence-electron chi connectivity index (χ2n) is 5.00. The Hall–Kier alpha value is -2.20. The molecule has 0 amide bonds. The summed E-state index contributed by atoms with van der Waals surface area (Å²) in [7, 11) is 0. The van der Waals surface area contributed by atoms with Gasteiger partial charge in [0.2, 0.25) is 0 Å². The number of fused-ring (bicyclic) bond motifs is 1. The second kappa shape index (κ2) is 5.21. The van der Waals surface area contributed by atoms with E-state index in [9.17, 15) is 13.2 Å². The van der Waals surface area contributed by atoms with Gasteiger partial charge in [-0.2, -0.15) is 23.5 Å². The third kappa shape index (κ3) is 2.50. The third-order valence-electron chi connectivity index (χ3n) is 3.63. The minimum absolute atomic E-state index is 0.0907. The first-order valence-electron chi connectivity index (χ1n) is 6.46. The summed E-state index contributed by atoms with van der Waals surface area (Å²) in [6, 6.07) is 6.10.